The summed E-state index contributed by atoms with van der Waals surface area (Å²) in [6.07, 6.45) is 2.13. The maximum atomic E-state index is 6.19. The van der Waals surface area contributed by atoms with Gasteiger partial charge < -0.3 is 15.0 Å². The summed E-state index contributed by atoms with van der Waals surface area (Å²) in [6, 6.07) is 7.89. The highest BCUT2D eigenvalue weighted by Gasteiger charge is 2.08. The summed E-state index contributed by atoms with van der Waals surface area (Å²) in [5.41, 5.74) is 1.10. The lowest BCUT2D eigenvalue weighted by molar-refractivity contribution is 0.143. The second kappa shape index (κ2) is 10.5. The van der Waals surface area contributed by atoms with Crippen LogP contribution in [0, 0.1) is 0 Å². The van der Waals surface area contributed by atoms with Gasteiger partial charge in [0.05, 0.1) is 0 Å². The zero-order valence-electron chi connectivity index (χ0n) is 13.2. The van der Waals surface area contributed by atoms with Gasteiger partial charge in [-0.15, -0.1) is 0 Å². The molecule has 0 aromatic heterocycles. The third kappa shape index (κ3) is 6.82. The Kier molecular flexibility index (Phi) is 8.87. The van der Waals surface area contributed by atoms with Crippen LogP contribution in [0.5, 0.6) is 0 Å². The number of ether oxygens (including phenoxy) is 1. The Bertz CT molecular complexity index is 437. The molecule has 0 atom stereocenters. The average Bonchev–Trinajstić information content (AvgIpc) is 2.49. The fourth-order valence-electron chi connectivity index (χ4n) is 2.02. The van der Waals surface area contributed by atoms with Crippen LogP contribution in [-0.2, 0) is 11.3 Å². The first-order valence-electron chi connectivity index (χ1n) is 7.42. The van der Waals surface area contributed by atoms with E-state index in [-0.39, 0.29) is 0 Å². The Morgan fingerprint density at radius 3 is 2.76 bits per heavy atom. The van der Waals surface area contributed by atoms with Gasteiger partial charge in [-0.05, 0) is 31.4 Å². The molecule has 0 aliphatic heterocycles. The molecule has 1 N–H and O–H groups in total. The van der Waals surface area contributed by atoms with E-state index >= 15 is 0 Å². The van der Waals surface area contributed by atoms with Crippen molar-refractivity contribution in [1.82, 2.24) is 10.2 Å². The summed E-state index contributed by atoms with van der Waals surface area (Å²) in [7, 11) is 3.81. The van der Waals surface area contributed by atoms with E-state index in [1.54, 1.807) is 7.05 Å². The molecular weight excluding hydrogens is 286 g/mol. The first-order chi connectivity index (χ1) is 10.2. The molecule has 0 spiro atoms. The third-order valence-electron chi connectivity index (χ3n) is 3.14. The number of halogens is 1. The van der Waals surface area contributed by atoms with Gasteiger partial charge in [-0.3, -0.25) is 4.99 Å². The minimum absolute atomic E-state index is 0.734. The summed E-state index contributed by atoms with van der Waals surface area (Å²) >= 11 is 6.19. The molecule has 21 heavy (non-hydrogen) atoms. The first-order valence-corrected chi connectivity index (χ1v) is 7.79. The van der Waals surface area contributed by atoms with Gasteiger partial charge >= 0.3 is 0 Å². The minimum atomic E-state index is 0.734. The van der Waals surface area contributed by atoms with E-state index in [9.17, 15) is 0 Å². The van der Waals surface area contributed by atoms with Crippen LogP contribution in [0.3, 0.4) is 0 Å². The van der Waals surface area contributed by atoms with Gasteiger partial charge in [-0.1, -0.05) is 29.8 Å². The Balaban J connectivity index is 2.36. The topological polar surface area (TPSA) is 36.9 Å². The molecule has 118 valence electrons. The molecule has 0 amide bonds. The van der Waals surface area contributed by atoms with Crippen molar-refractivity contribution in [3.8, 4) is 0 Å². The van der Waals surface area contributed by atoms with E-state index in [1.807, 2.05) is 38.2 Å². The molecule has 0 fully saturated rings. The Hall–Kier alpha value is -1.26. The molecule has 0 unspecified atom stereocenters. The first kappa shape index (κ1) is 17.8. The number of unbranched alkanes of at least 4 members (excludes halogenated alkanes) is 1. The van der Waals surface area contributed by atoms with Gasteiger partial charge in [0.2, 0.25) is 0 Å². The molecule has 0 aliphatic carbocycles. The van der Waals surface area contributed by atoms with Crippen molar-refractivity contribution in [2.75, 3.05) is 33.9 Å². The fraction of sp³-hybridized carbons (Fsp3) is 0.562. The van der Waals surface area contributed by atoms with Crippen LogP contribution in [0.2, 0.25) is 5.02 Å². The highest BCUT2D eigenvalue weighted by atomic mass is 35.5. The summed E-state index contributed by atoms with van der Waals surface area (Å²) in [6.45, 7) is 5.26. The van der Waals surface area contributed by atoms with Crippen LogP contribution in [0.1, 0.15) is 25.3 Å². The van der Waals surface area contributed by atoms with Crippen LogP contribution in [-0.4, -0.2) is 44.7 Å². The van der Waals surface area contributed by atoms with Crippen LogP contribution in [0.4, 0.5) is 0 Å². The normalized spacial score (nSPS) is 11.5. The Labute approximate surface area is 133 Å². The zero-order valence-corrected chi connectivity index (χ0v) is 14.0. The zero-order chi connectivity index (χ0) is 15.5. The molecule has 0 radical (unpaired) electrons. The molecule has 0 saturated heterocycles. The van der Waals surface area contributed by atoms with Crippen LogP contribution in [0.25, 0.3) is 0 Å². The van der Waals surface area contributed by atoms with Gasteiger partial charge in [0.1, 0.15) is 0 Å². The SMILES string of the molecule is CCOCCCCNC(=NC)N(C)Cc1ccccc1Cl. The fourth-order valence-corrected chi connectivity index (χ4v) is 2.21. The molecule has 4 nitrogen and oxygen atoms in total. The molecule has 1 rings (SSSR count). The predicted octanol–water partition coefficient (Wildman–Crippen LogP) is 3.16. The summed E-state index contributed by atoms with van der Waals surface area (Å²) in [4.78, 5) is 6.38. The lowest BCUT2D eigenvalue weighted by atomic mass is 10.2. The van der Waals surface area contributed by atoms with E-state index in [0.717, 1.165) is 55.7 Å². The standard InChI is InChI=1S/C16H26ClN3O/c1-4-21-12-8-7-11-19-16(18-2)20(3)13-14-9-5-6-10-15(14)17/h5-6,9-10H,4,7-8,11-13H2,1-3H3,(H,18,19). The maximum Gasteiger partial charge on any atom is 0.193 e. The second-order valence-electron chi connectivity index (χ2n) is 4.83. The summed E-state index contributed by atoms with van der Waals surface area (Å²) in [5, 5.41) is 4.15. The summed E-state index contributed by atoms with van der Waals surface area (Å²) in [5.74, 6) is 0.881. The Morgan fingerprint density at radius 1 is 1.33 bits per heavy atom. The van der Waals surface area contributed by atoms with Gasteiger partial charge in [-0.2, -0.15) is 0 Å². The van der Waals surface area contributed by atoms with Crippen molar-refractivity contribution in [1.29, 1.82) is 0 Å². The van der Waals surface area contributed by atoms with Crippen molar-refractivity contribution in [3.05, 3.63) is 34.9 Å². The van der Waals surface area contributed by atoms with Crippen molar-refractivity contribution in [2.24, 2.45) is 4.99 Å². The largest absolute Gasteiger partial charge is 0.382 e. The smallest absolute Gasteiger partial charge is 0.193 e. The molecule has 5 heteroatoms. The second-order valence-corrected chi connectivity index (χ2v) is 5.23. The monoisotopic (exact) mass is 311 g/mol. The number of rotatable bonds is 8. The highest BCUT2D eigenvalue weighted by Crippen LogP contribution is 2.16. The summed E-state index contributed by atoms with van der Waals surface area (Å²) < 4.78 is 5.32. The number of aliphatic imine (C=N–C) groups is 1. The van der Waals surface area contributed by atoms with Gasteiger partial charge in [-0.25, -0.2) is 0 Å². The molecule has 0 bridgehead atoms. The minimum Gasteiger partial charge on any atom is -0.382 e. The van der Waals surface area contributed by atoms with Gasteiger partial charge in [0.25, 0.3) is 0 Å². The predicted molar refractivity (Wildman–Crippen MR) is 90.0 cm³/mol. The molecule has 0 saturated carbocycles. The van der Waals surface area contributed by atoms with E-state index in [4.69, 9.17) is 16.3 Å². The lowest BCUT2D eigenvalue weighted by Gasteiger charge is -2.22. The highest BCUT2D eigenvalue weighted by molar-refractivity contribution is 6.31. The quantitative estimate of drug-likeness (QED) is 0.455. The Morgan fingerprint density at radius 2 is 2.10 bits per heavy atom. The molecule has 1 aromatic carbocycles. The molecule has 1 aromatic rings. The number of guanidine groups is 1. The molecular formula is C16H26ClN3O. The number of hydrogen-bond donors (Lipinski definition) is 1. The molecule has 0 heterocycles. The molecule has 0 aliphatic rings. The van der Waals surface area contributed by atoms with Crippen LogP contribution in [0.15, 0.2) is 29.3 Å². The lowest BCUT2D eigenvalue weighted by Crippen LogP contribution is -2.39. The third-order valence-corrected chi connectivity index (χ3v) is 3.51. The van der Waals surface area contributed by atoms with Gasteiger partial charge in [0.15, 0.2) is 5.96 Å². The number of nitrogens with one attached hydrogen (secondary N) is 1. The van der Waals surface area contributed by atoms with Crippen molar-refractivity contribution in [2.45, 2.75) is 26.3 Å². The maximum absolute atomic E-state index is 6.19. The van der Waals surface area contributed by atoms with E-state index in [2.05, 4.69) is 15.2 Å². The van der Waals surface area contributed by atoms with E-state index in [1.165, 1.54) is 0 Å². The van der Waals surface area contributed by atoms with Gasteiger partial charge in [0, 0.05) is 45.4 Å². The van der Waals surface area contributed by atoms with Crippen molar-refractivity contribution >= 4 is 17.6 Å². The average molecular weight is 312 g/mol. The number of hydrogen-bond acceptors (Lipinski definition) is 2. The number of benzene rings is 1. The van der Waals surface area contributed by atoms with E-state index < -0.39 is 0 Å². The van der Waals surface area contributed by atoms with Crippen LogP contribution >= 0.6 is 11.6 Å². The number of nitrogens with zero attached hydrogens (tertiary/aromatic N) is 2. The van der Waals surface area contributed by atoms with Crippen molar-refractivity contribution in [3.63, 3.8) is 0 Å². The van der Waals surface area contributed by atoms with Crippen molar-refractivity contribution < 1.29 is 4.74 Å². The van der Waals surface area contributed by atoms with Crippen LogP contribution < -0.4 is 5.32 Å². The van der Waals surface area contributed by atoms with E-state index in [0.29, 0.717) is 0 Å².